The van der Waals surface area contributed by atoms with Crippen LogP contribution in [0.15, 0.2) is 90.9 Å². The summed E-state index contributed by atoms with van der Waals surface area (Å²) in [6.07, 6.45) is 2.81. The van der Waals surface area contributed by atoms with E-state index in [-0.39, 0.29) is 0 Å². The Bertz CT molecular complexity index is 2020. The summed E-state index contributed by atoms with van der Waals surface area (Å²) in [5.74, 6) is 3.71. The van der Waals surface area contributed by atoms with Crippen LogP contribution in [0.1, 0.15) is 31.5 Å². The summed E-state index contributed by atoms with van der Waals surface area (Å²) in [6, 6.07) is 22.6. The van der Waals surface area contributed by atoms with Crippen molar-refractivity contribution in [3.8, 4) is 68.5 Å². The van der Waals surface area contributed by atoms with Gasteiger partial charge in [0.1, 0.15) is 0 Å². The number of hydrogen-bond donors (Lipinski definition) is 0. The summed E-state index contributed by atoms with van der Waals surface area (Å²) >= 11 is 0. The van der Waals surface area contributed by atoms with Gasteiger partial charge in [0.05, 0.1) is 0 Å². The first kappa shape index (κ1) is 26.1. The van der Waals surface area contributed by atoms with Crippen LogP contribution in [0.5, 0.6) is 0 Å². The second-order valence-corrected chi connectivity index (χ2v) is 9.85. The summed E-state index contributed by atoms with van der Waals surface area (Å²) in [7, 11) is 0. The summed E-state index contributed by atoms with van der Waals surface area (Å²) in [5.41, 5.74) is 4.50. The maximum Gasteiger partial charge on any atom is 0.258 e. The third kappa shape index (κ3) is 5.45. The Morgan fingerprint density at radius 2 is 0.953 bits per heavy atom. The summed E-state index contributed by atoms with van der Waals surface area (Å²) < 4.78 is 21.9. The molecule has 3 aromatic carbocycles. The quantitative estimate of drug-likeness (QED) is 0.177. The Labute approximate surface area is 244 Å². The van der Waals surface area contributed by atoms with E-state index in [0.717, 1.165) is 47.1 Å². The van der Waals surface area contributed by atoms with Crippen LogP contribution < -0.4 is 0 Å². The van der Waals surface area contributed by atoms with E-state index < -0.39 is 0 Å². The largest absolute Gasteiger partial charge is 0.339 e. The lowest BCUT2D eigenvalue weighted by molar-refractivity contribution is 0.375. The van der Waals surface area contributed by atoms with Crippen LogP contribution in [-0.2, 0) is 6.42 Å². The Balaban J connectivity index is 1.11. The second kappa shape index (κ2) is 11.2. The van der Waals surface area contributed by atoms with Gasteiger partial charge in [-0.1, -0.05) is 70.4 Å². The molecule has 212 valence electrons. The molecule has 0 aliphatic rings. The van der Waals surface area contributed by atoms with Gasteiger partial charge >= 0.3 is 0 Å². The molecule has 12 nitrogen and oxygen atoms in total. The summed E-state index contributed by atoms with van der Waals surface area (Å²) in [6.45, 7) is 3.89. The van der Waals surface area contributed by atoms with Crippen LogP contribution in [0, 0.1) is 6.92 Å². The van der Waals surface area contributed by atoms with Crippen LogP contribution in [0.2, 0.25) is 0 Å². The average molecular weight is 573 g/mol. The molecular weight excluding hydrogens is 548 g/mol. The molecule has 0 aliphatic heterocycles. The number of aryl methyl sites for hydroxylation is 2. The maximum atomic E-state index is 5.62. The van der Waals surface area contributed by atoms with E-state index >= 15 is 0 Å². The third-order valence-corrected chi connectivity index (χ3v) is 6.70. The van der Waals surface area contributed by atoms with Crippen molar-refractivity contribution < 1.29 is 18.1 Å². The van der Waals surface area contributed by atoms with E-state index in [9.17, 15) is 0 Å². The number of benzene rings is 3. The van der Waals surface area contributed by atoms with Crippen molar-refractivity contribution in [1.29, 1.82) is 0 Å². The highest BCUT2D eigenvalue weighted by Crippen LogP contribution is 2.30. The topological polar surface area (TPSA) is 156 Å². The highest BCUT2D eigenvalue weighted by molar-refractivity contribution is 5.70. The standard InChI is InChI=1S/C31H24N8O4/c1-3-4-14-25-33-26(37-40-25)19-8-5-12-23(15-19)30-35-28(39-42-30)21-10-7-13-24(17-21)31-34-27(38-43-31)20-9-6-11-22(16-20)29-32-18(2)36-41-29/h5-13,15-17H,3-4,14H2,1-2H3. The fourth-order valence-electron chi connectivity index (χ4n) is 4.51. The molecule has 0 fully saturated rings. The Hall–Kier alpha value is -5.78. The molecule has 0 unspecified atom stereocenters. The van der Waals surface area contributed by atoms with E-state index in [1.807, 2.05) is 72.8 Å². The van der Waals surface area contributed by atoms with Crippen LogP contribution in [0.4, 0.5) is 0 Å². The Morgan fingerprint density at radius 3 is 1.44 bits per heavy atom. The highest BCUT2D eigenvalue weighted by Gasteiger charge is 2.17. The second-order valence-electron chi connectivity index (χ2n) is 9.85. The maximum absolute atomic E-state index is 5.62. The van der Waals surface area contributed by atoms with Gasteiger partial charge in [0, 0.05) is 39.8 Å². The summed E-state index contributed by atoms with van der Waals surface area (Å²) in [4.78, 5) is 18.0. The first-order valence-corrected chi connectivity index (χ1v) is 13.8. The van der Waals surface area contributed by atoms with Gasteiger partial charge in [-0.2, -0.15) is 19.9 Å². The molecule has 0 spiro atoms. The lowest BCUT2D eigenvalue weighted by Crippen LogP contribution is -1.87. The molecule has 0 aliphatic carbocycles. The van der Waals surface area contributed by atoms with Gasteiger partial charge in [0.25, 0.3) is 17.7 Å². The number of nitrogens with zero attached hydrogens (tertiary/aromatic N) is 8. The van der Waals surface area contributed by atoms with Gasteiger partial charge in [-0.05, 0) is 49.7 Å². The minimum atomic E-state index is 0.353. The van der Waals surface area contributed by atoms with Crippen molar-refractivity contribution in [1.82, 2.24) is 40.6 Å². The smallest absolute Gasteiger partial charge is 0.258 e. The molecule has 0 N–H and O–H groups in total. The van der Waals surface area contributed by atoms with Gasteiger partial charge in [-0.3, -0.25) is 0 Å². The zero-order chi connectivity index (χ0) is 29.2. The Morgan fingerprint density at radius 1 is 0.512 bits per heavy atom. The zero-order valence-electron chi connectivity index (χ0n) is 23.3. The minimum absolute atomic E-state index is 0.353. The predicted molar refractivity (Wildman–Crippen MR) is 154 cm³/mol. The molecule has 0 bridgehead atoms. The van der Waals surface area contributed by atoms with Crippen LogP contribution >= 0.6 is 0 Å². The van der Waals surface area contributed by atoms with Gasteiger partial charge < -0.3 is 18.1 Å². The molecule has 4 aromatic heterocycles. The fourth-order valence-corrected chi connectivity index (χ4v) is 4.51. The molecule has 7 rings (SSSR count). The molecular formula is C31H24N8O4. The zero-order valence-corrected chi connectivity index (χ0v) is 23.3. The predicted octanol–water partition coefficient (Wildman–Crippen LogP) is 6.87. The minimum Gasteiger partial charge on any atom is -0.339 e. The molecule has 4 heterocycles. The van der Waals surface area contributed by atoms with Crippen molar-refractivity contribution in [2.75, 3.05) is 0 Å². The van der Waals surface area contributed by atoms with Gasteiger partial charge in [-0.25, -0.2) is 0 Å². The molecule has 0 saturated heterocycles. The monoisotopic (exact) mass is 572 g/mol. The number of unbranched alkanes of at least 4 members (excludes halogenated alkanes) is 1. The third-order valence-electron chi connectivity index (χ3n) is 6.70. The van der Waals surface area contributed by atoms with Gasteiger partial charge in [-0.15, -0.1) is 0 Å². The SMILES string of the molecule is CCCCc1nc(-c2cccc(-c3nc(-c4cccc(-c5nc(-c6cccc(-c7nc(C)no7)c6)no5)c4)no3)c2)no1. The van der Waals surface area contributed by atoms with E-state index in [1.165, 1.54) is 0 Å². The molecule has 7 aromatic rings. The molecule has 0 atom stereocenters. The first-order valence-electron chi connectivity index (χ1n) is 13.8. The molecule has 0 saturated carbocycles. The normalized spacial score (nSPS) is 11.3. The average Bonchev–Trinajstić information content (AvgIpc) is 3.88. The Kier molecular flexibility index (Phi) is 6.83. The van der Waals surface area contributed by atoms with E-state index in [4.69, 9.17) is 18.1 Å². The van der Waals surface area contributed by atoms with Crippen LogP contribution in [0.25, 0.3) is 68.5 Å². The number of aromatic nitrogens is 8. The van der Waals surface area contributed by atoms with E-state index in [2.05, 4.69) is 47.5 Å². The van der Waals surface area contributed by atoms with Crippen molar-refractivity contribution in [2.45, 2.75) is 33.1 Å². The van der Waals surface area contributed by atoms with Crippen LogP contribution in [0.3, 0.4) is 0 Å². The lowest BCUT2D eigenvalue weighted by Gasteiger charge is -1.99. The molecule has 0 amide bonds. The van der Waals surface area contributed by atoms with Gasteiger partial charge in [0.2, 0.25) is 23.4 Å². The van der Waals surface area contributed by atoms with Gasteiger partial charge in [0.15, 0.2) is 5.82 Å². The number of rotatable bonds is 9. The highest BCUT2D eigenvalue weighted by atomic mass is 16.5. The molecule has 43 heavy (non-hydrogen) atoms. The van der Waals surface area contributed by atoms with Crippen molar-refractivity contribution >= 4 is 0 Å². The number of hydrogen-bond acceptors (Lipinski definition) is 12. The summed E-state index contributed by atoms with van der Waals surface area (Å²) in [5, 5.41) is 16.4. The lowest BCUT2D eigenvalue weighted by atomic mass is 10.1. The first-order chi connectivity index (χ1) is 21.1. The molecule has 0 radical (unpaired) electrons. The van der Waals surface area contributed by atoms with Crippen LogP contribution in [-0.4, -0.2) is 40.6 Å². The van der Waals surface area contributed by atoms with Crippen molar-refractivity contribution in [3.63, 3.8) is 0 Å². The van der Waals surface area contributed by atoms with Crippen molar-refractivity contribution in [3.05, 3.63) is 84.5 Å². The molecule has 12 heteroatoms. The van der Waals surface area contributed by atoms with Crippen molar-refractivity contribution in [2.24, 2.45) is 0 Å². The van der Waals surface area contributed by atoms with E-state index in [0.29, 0.717) is 52.4 Å². The van der Waals surface area contributed by atoms with E-state index in [1.54, 1.807) is 6.92 Å². The fraction of sp³-hybridized carbons (Fsp3) is 0.161.